The summed E-state index contributed by atoms with van der Waals surface area (Å²) in [5.74, 6) is -0.819. The lowest BCUT2D eigenvalue weighted by Crippen LogP contribution is -2.00. The van der Waals surface area contributed by atoms with Gasteiger partial charge in [0.1, 0.15) is 0 Å². The predicted molar refractivity (Wildman–Crippen MR) is 69.8 cm³/mol. The van der Waals surface area contributed by atoms with E-state index in [9.17, 15) is 4.79 Å². The lowest BCUT2D eigenvalue weighted by molar-refractivity contribution is -0.136. The van der Waals surface area contributed by atoms with Gasteiger partial charge in [-0.3, -0.25) is 4.79 Å². The molecule has 84 valence electrons. The molecule has 0 spiro atoms. The number of benzene rings is 1. The van der Waals surface area contributed by atoms with Crippen LogP contribution in [0.4, 0.5) is 0 Å². The monoisotopic (exact) mass is 345 g/mol. The Kier molecular flexibility index (Phi) is 3.08. The lowest BCUT2D eigenvalue weighted by atomic mass is 10.1. The third-order valence-corrected chi connectivity index (χ3v) is 3.56. The standard InChI is InChI=1S/C11H9Br2NO2/c1-5-7(4-10(15)16)8-2-6(12)3-9(13)11(8)14-5/h2-3,14H,4H2,1H3,(H,15,16). The number of hydrogen-bond donors (Lipinski definition) is 2. The van der Waals surface area contributed by atoms with E-state index in [0.717, 1.165) is 31.1 Å². The van der Waals surface area contributed by atoms with Gasteiger partial charge in [0.15, 0.2) is 0 Å². The minimum absolute atomic E-state index is 0.0364. The highest BCUT2D eigenvalue weighted by molar-refractivity contribution is 9.11. The van der Waals surface area contributed by atoms with Crippen molar-refractivity contribution in [1.82, 2.24) is 4.98 Å². The number of hydrogen-bond acceptors (Lipinski definition) is 1. The first-order valence-electron chi connectivity index (χ1n) is 4.67. The molecule has 0 aliphatic carbocycles. The maximum Gasteiger partial charge on any atom is 0.307 e. The van der Waals surface area contributed by atoms with Crippen LogP contribution in [0.1, 0.15) is 11.3 Å². The highest BCUT2D eigenvalue weighted by Crippen LogP contribution is 2.32. The fourth-order valence-electron chi connectivity index (χ4n) is 1.78. The molecule has 0 radical (unpaired) electrons. The zero-order valence-corrected chi connectivity index (χ0v) is 11.6. The van der Waals surface area contributed by atoms with Crippen LogP contribution in [-0.2, 0) is 11.2 Å². The Hall–Kier alpha value is -0.810. The molecule has 3 nitrogen and oxygen atoms in total. The van der Waals surface area contributed by atoms with Crippen LogP contribution in [0, 0.1) is 6.92 Å². The number of rotatable bonds is 2. The summed E-state index contributed by atoms with van der Waals surface area (Å²) >= 11 is 6.85. The number of halogens is 2. The number of fused-ring (bicyclic) bond motifs is 1. The second kappa shape index (κ2) is 4.22. The number of nitrogens with one attached hydrogen (secondary N) is 1. The van der Waals surface area contributed by atoms with Crippen molar-refractivity contribution >= 4 is 48.7 Å². The van der Waals surface area contributed by atoms with Crippen LogP contribution in [0.2, 0.25) is 0 Å². The summed E-state index contributed by atoms with van der Waals surface area (Å²) in [6.45, 7) is 1.89. The summed E-state index contributed by atoms with van der Waals surface area (Å²) in [6, 6.07) is 3.87. The lowest BCUT2D eigenvalue weighted by Gasteiger charge is -1.99. The molecular formula is C11H9Br2NO2. The molecule has 1 aromatic heterocycles. The zero-order valence-electron chi connectivity index (χ0n) is 8.47. The molecule has 2 N–H and O–H groups in total. The number of carbonyl (C=O) groups is 1. The zero-order chi connectivity index (χ0) is 11.9. The number of H-pyrrole nitrogens is 1. The van der Waals surface area contributed by atoms with E-state index < -0.39 is 5.97 Å². The van der Waals surface area contributed by atoms with Gasteiger partial charge in [-0.25, -0.2) is 0 Å². The molecule has 0 fully saturated rings. The summed E-state index contributed by atoms with van der Waals surface area (Å²) in [4.78, 5) is 14.0. The minimum Gasteiger partial charge on any atom is -0.481 e. The molecule has 1 aromatic carbocycles. The molecule has 0 atom stereocenters. The van der Waals surface area contributed by atoms with E-state index in [0.29, 0.717) is 0 Å². The second-order valence-corrected chi connectivity index (χ2v) is 5.38. The van der Waals surface area contributed by atoms with Gasteiger partial charge in [0.2, 0.25) is 0 Å². The summed E-state index contributed by atoms with van der Waals surface area (Å²) in [6.07, 6.45) is 0.0364. The molecule has 5 heteroatoms. The molecule has 1 heterocycles. The van der Waals surface area contributed by atoms with Gasteiger partial charge in [-0.1, -0.05) is 15.9 Å². The molecule has 0 amide bonds. The third-order valence-electron chi connectivity index (χ3n) is 2.47. The molecule has 0 aliphatic rings. The number of carboxylic acids is 1. The average molecular weight is 347 g/mol. The molecule has 0 saturated carbocycles. The first-order chi connectivity index (χ1) is 7.49. The van der Waals surface area contributed by atoms with Crippen LogP contribution >= 0.6 is 31.9 Å². The van der Waals surface area contributed by atoms with Crippen molar-refractivity contribution in [3.63, 3.8) is 0 Å². The highest BCUT2D eigenvalue weighted by atomic mass is 79.9. The van der Waals surface area contributed by atoms with Crippen molar-refractivity contribution in [3.05, 3.63) is 32.3 Å². The summed E-state index contributed by atoms with van der Waals surface area (Å²) in [7, 11) is 0. The van der Waals surface area contributed by atoms with Crippen LogP contribution in [0.5, 0.6) is 0 Å². The Bertz CT molecular complexity index is 575. The van der Waals surface area contributed by atoms with Gasteiger partial charge in [0.25, 0.3) is 0 Å². The largest absolute Gasteiger partial charge is 0.481 e. The predicted octanol–water partition coefficient (Wildman–Crippen LogP) is 3.63. The van der Waals surface area contributed by atoms with Crippen molar-refractivity contribution < 1.29 is 9.90 Å². The van der Waals surface area contributed by atoms with E-state index in [-0.39, 0.29) is 6.42 Å². The number of aliphatic carboxylic acids is 1. The SMILES string of the molecule is Cc1[nH]c2c(Br)cc(Br)cc2c1CC(=O)O. The number of carboxylic acid groups (broad SMARTS) is 1. The molecule has 0 saturated heterocycles. The second-order valence-electron chi connectivity index (χ2n) is 3.61. The maximum atomic E-state index is 10.8. The smallest absolute Gasteiger partial charge is 0.307 e. The van der Waals surface area contributed by atoms with Crippen molar-refractivity contribution in [2.75, 3.05) is 0 Å². The normalized spacial score (nSPS) is 10.9. The van der Waals surface area contributed by atoms with Crippen LogP contribution in [0.25, 0.3) is 10.9 Å². The maximum absolute atomic E-state index is 10.8. The summed E-state index contributed by atoms with van der Waals surface area (Å²) in [5, 5.41) is 9.82. The Morgan fingerprint density at radius 2 is 2.12 bits per heavy atom. The molecule has 2 aromatic rings. The van der Waals surface area contributed by atoms with Gasteiger partial charge in [0, 0.05) is 20.0 Å². The van der Waals surface area contributed by atoms with Crippen molar-refractivity contribution in [2.45, 2.75) is 13.3 Å². The van der Waals surface area contributed by atoms with E-state index in [2.05, 4.69) is 36.8 Å². The Morgan fingerprint density at radius 1 is 1.44 bits per heavy atom. The van der Waals surface area contributed by atoms with Crippen LogP contribution in [0.15, 0.2) is 21.1 Å². The molecular weight excluding hydrogens is 338 g/mol. The number of aromatic amines is 1. The van der Waals surface area contributed by atoms with Crippen LogP contribution in [0.3, 0.4) is 0 Å². The quantitative estimate of drug-likeness (QED) is 0.872. The Balaban J connectivity index is 2.73. The van der Waals surface area contributed by atoms with Gasteiger partial charge in [-0.15, -0.1) is 0 Å². The van der Waals surface area contributed by atoms with Gasteiger partial charge in [-0.05, 0) is 40.5 Å². The number of aryl methyl sites for hydroxylation is 1. The van der Waals surface area contributed by atoms with Crippen molar-refractivity contribution in [2.24, 2.45) is 0 Å². The van der Waals surface area contributed by atoms with E-state index >= 15 is 0 Å². The Labute approximate surface area is 109 Å². The fraction of sp³-hybridized carbons (Fsp3) is 0.182. The summed E-state index contributed by atoms with van der Waals surface area (Å²) < 4.78 is 1.86. The molecule has 0 aliphatic heterocycles. The average Bonchev–Trinajstić information content (AvgIpc) is 2.45. The number of aromatic nitrogens is 1. The van der Waals surface area contributed by atoms with Crippen molar-refractivity contribution in [3.8, 4) is 0 Å². The van der Waals surface area contributed by atoms with Crippen LogP contribution in [-0.4, -0.2) is 16.1 Å². The van der Waals surface area contributed by atoms with E-state index in [4.69, 9.17) is 5.11 Å². The highest BCUT2D eigenvalue weighted by Gasteiger charge is 2.13. The molecule has 2 rings (SSSR count). The molecule has 0 unspecified atom stereocenters. The first kappa shape index (κ1) is 11.7. The minimum atomic E-state index is -0.819. The van der Waals surface area contributed by atoms with Gasteiger partial charge >= 0.3 is 5.97 Å². The first-order valence-corrected chi connectivity index (χ1v) is 6.25. The summed E-state index contributed by atoms with van der Waals surface area (Å²) in [5.41, 5.74) is 2.68. The van der Waals surface area contributed by atoms with E-state index in [1.165, 1.54) is 0 Å². The van der Waals surface area contributed by atoms with E-state index in [1.807, 2.05) is 19.1 Å². The van der Waals surface area contributed by atoms with Gasteiger partial charge < -0.3 is 10.1 Å². The Morgan fingerprint density at radius 3 is 2.75 bits per heavy atom. The third kappa shape index (κ3) is 2.01. The molecule has 16 heavy (non-hydrogen) atoms. The van der Waals surface area contributed by atoms with Gasteiger partial charge in [-0.2, -0.15) is 0 Å². The molecule has 0 bridgehead atoms. The van der Waals surface area contributed by atoms with Crippen molar-refractivity contribution in [1.29, 1.82) is 0 Å². The van der Waals surface area contributed by atoms with Gasteiger partial charge in [0.05, 0.1) is 11.9 Å². The topological polar surface area (TPSA) is 53.1 Å². The fourth-order valence-corrected chi connectivity index (χ4v) is 3.11. The van der Waals surface area contributed by atoms with E-state index in [1.54, 1.807) is 0 Å². The van der Waals surface area contributed by atoms with Crippen LogP contribution < -0.4 is 0 Å².